The fourth-order valence-electron chi connectivity index (χ4n) is 2.50. The number of pyridine rings is 1. The number of halogens is 6. The summed E-state index contributed by atoms with van der Waals surface area (Å²) in [7, 11) is 1.50. The summed E-state index contributed by atoms with van der Waals surface area (Å²) in [5.74, 6) is 0.328. The topological polar surface area (TPSA) is 22.1 Å². The van der Waals surface area contributed by atoms with Gasteiger partial charge in [0.15, 0.2) is 0 Å². The van der Waals surface area contributed by atoms with E-state index in [1.54, 1.807) is 36.5 Å². The van der Waals surface area contributed by atoms with Crippen LogP contribution in [0.3, 0.4) is 0 Å². The number of rotatable bonds is 3. The summed E-state index contributed by atoms with van der Waals surface area (Å²) in [5.41, 5.74) is 2.23. The molecule has 0 atom stereocenters. The number of hydrogen-bond acceptors (Lipinski definition) is 2. The van der Waals surface area contributed by atoms with Gasteiger partial charge in [0.05, 0.1) is 37.2 Å². The molecule has 1 heterocycles. The molecule has 0 amide bonds. The van der Waals surface area contributed by atoms with Crippen molar-refractivity contribution in [3.63, 3.8) is 0 Å². The Labute approximate surface area is 180 Å². The van der Waals surface area contributed by atoms with E-state index >= 15 is 0 Å². The van der Waals surface area contributed by atoms with Crippen LogP contribution in [0.1, 0.15) is 0 Å². The molecule has 0 saturated heterocycles. The maximum absolute atomic E-state index is 6.38. The third-order valence-corrected chi connectivity index (χ3v) is 5.93. The zero-order valence-corrected chi connectivity index (χ0v) is 17.6. The van der Waals surface area contributed by atoms with E-state index in [1.807, 2.05) is 0 Å². The molecule has 0 aliphatic carbocycles. The zero-order chi connectivity index (χ0) is 19.0. The average Bonchev–Trinajstić information content (AvgIpc) is 2.62. The van der Waals surface area contributed by atoms with Gasteiger partial charge in [0, 0.05) is 28.5 Å². The Hall–Kier alpha value is -0.870. The molecule has 0 radical (unpaired) electrons. The van der Waals surface area contributed by atoms with Crippen molar-refractivity contribution < 1.29 is 4.74 Å². The Balaban J connectivity index is 2.32. The van der Waals surface area contributed by atoms with Crippen LogP contribution >= 0.6 is 69.6 Å². The first kappa shape index (κ1) is 19.9. The quantitative estimate of drug-likeness (QED) is 0.361. The Kier molecular flexibility index (Phi) is 6.13. The molecule has 8 heteroatoms. The monoisotopic (exact) mass is 465 g/mol. The van der Waals surface area contributed by atoms with Gasteiger partial charge in [0.2, 0.25) is 5.88 Å². The van der Waals surface area contributed by atoms with Crippen molar-refractivity contribution in [2.45, 2.75) is 0 Å². The first-order valence-corrected chi connectivity index (χ1v) is 9.43. The van der Waals surface area contributed by atoms with Crippen LogP contribution in [0.25, 0.3) is 22.3 Å². The second-order valence-corrected chi connectivity index (χ2v) is 7.60. The minimum absolute atomic E-state index is 0.291. The third-order valence-electron chi connectivity index (χ3n) is 3.69. The highest BCUT2D eigenvalue weighted by atomic mass is 35.5. The predicted octanol–water partition coefficient (Wildman–Crippen LogP) is 8.34. The molecular formula is C18H9Cl6NO. The zero-order valence-electron chi connectivity index (χ0n) is 13.1. The van der Waals surface area contributed by atoms with E-state index < -0.39 is 0 Å². The van der Waals surface area contributed by atoms with Gasteiger partial charge in [-0.25, -0.2) is 4.98 Å². The summed E-state index contributed by atoms with van der Waals surface area (Å²) in [6.45, 7) is 0. The van der Waals surface area contributed by atoms with Crippen molar-refractivity contribution >= 4 is 69.6 Å². The van der Waals surface area contributed by atoms with Crippen molar-refractivity contribution in [2.75, 3.05) is 7.11 Å². The average molecular weight is 468 g/mol. The Bertz CT molecular complexity index is 1010. The highest BCUT2D eigenvalue weighted by Crippen LogP contribution is 2.45. The summed E-state index contributed by atoms with van der Waals surface area (Å²) >= 11 is 37.7. The summed E-state index contributed by atoms with van der Waals surface area (Å²) in [5, 5.41) is 2.18. The van der Waals surface area contributed by atoms with Crippen molar-refractivity contribution in [1.29, 1.82) is 0 Å². The summed E-state index contributed by atoms with van der Waals surface area (Å²) < 4.78 is 5.36. The molecule has 0 unspecified atom stereocenters. The summed E-state index contributed by atoms with van der Waals surface area (Å²) in [4.78, 5) is 4.33. The van der Waals surface area contributed by atoms with E-state index in [1.165, 1.54) is 7.11 Å². The largest absolute Gasteiger partial charge is 0.481 e. The Morgan fingerprint density at radius 2 is 1.23 bits per heavy atom. The van der Waals surface area contributed by atoms with Gasteiger partial charge in [-0.05, 0) is 30.3 Å². The third kappa shape index (κ3) is 3.60. The normalized spacial score (nSPS) is 10.9. The van der Waals surface area contributed by atoms with Crippen LogP contribution in [0, 0.1) is 0 Å². The lowest BCUT2D eigenvalue weighted by atomic mass is 10.0. The molecule has 3 rings (SSSR count). The maximum atomic E-state index is 6.38. The van der Waals surface area contributed by atoms with E-state index in [-0.39, 0.29) is 0 Å². The van der Waals surface area contributed by atoms with E-state index in [2.05, 4.69) is 4.98 Å². The fourth-order valence-corrected chi connectivity index (χ4v) is 3.97. The number of aromatic nitrogens is 1. The van der Waals surface area contributed by atoms with Crippen molar-refractivity contribution in [3.8, 4) is 28.1 Å². The maximum Gasteiger partial charge on any atom is 0.221 e. The van der Waals surface area contributed by atoms with Crippen LogP contribution in [0.2, 0.25) is 30.1 Å². The molecule has 0 aliphatic heterocycles. The molecule has 2 nitrogen and oxygen atoms in total. The van der Waals surface area contributed by atoms with Crippen molar-refractivity contribution in [1.82, 2.24) is 4.98 Å². The minimum Gasteiger partial charge on any atom is -0.481 e. The number of ether oxygens (including phenoxy) is 1. The summed E-state index contributed by atoms with van der Waals surface area (Å²) in [6, 6.07) is 8.33. The van der Waals surface area contributed by atoms with Crippen molar-refractivity contribution in [2.24, 2.45) is 0 Å². The first-order chi connectivity index (χ1) is 12.3. The molecule has 134 valence electrons. The van der Waals surface area contributed by atoms with Crippen LogP contribution in [0.4, 0.5) is 0 Å². The van der Waals surface area contributed by atoms with Crippen LogP contribution in [0.15, 0.2) is 36.5 Å². The van der Waals surface area contributed by atoms with Gasteiger partial charge in [-0.3, -0.25) is 0 Å². The molecule has 26 heavy (non-hydrogen) atoms. The highest BCUT2D eigenvalue weighted by molar-refractivity contribution is 6.47. The van der Waals surface area contributed by atoms with Gasteiger partial charge in [-0.2, -0.15) is 0 Å². The molecule has 3 aromatic rings. The van der Waals surface area contributed by atoms with Crippen LogP contribution in [0.5, 0.6) is 5.88 Å². The summed E-state index contributed by atoms with van der Waals surface area (Å²) in [6.07, 6.45) is 1.58. The van der Waals surface area contributed by atoms with Gasteiger partial charge >= 0.3 is 0 Å². The van der Waals surface area contributed by atoms with E-state index in [0.717, 1.165) is 0 Å². The first-order valence-electron chi connectivity index (χ1n) is 7.17. The molecule has 0 spiro atoms. The molecule has 1 aromatic heterocycles. The second kappa shape index (κ2) is 8.02. The van der Waals surface area contributed by atoms with Crippen LogP contribution in [-0.4, -0.2) is 12.1 Å². The lowest BCUT2D eigenvalue weighted by Gasteiger charge is -2.15. The lowest BCUT2D eigenvalue weighted by Crippen LogP contribution is -1.95. The van der Waals surface area contributed by atoms with Crippen molar-refractivity contribution in [3.05, 3.63) is 66.7 Å². The number of hydrogen-bond donors (Lipinski definition) is 0. The molecular weight excluding hydrogens is 459 g/mol. The predicted molar refractivity (Wildman–Crippen MR) is 112 cm³/mol. The number of nitrogens with zero attached hydrogens (tertiary/aromatic N) is 1. The van der Waals surface area contributed by atoms with Crippen LogP contribution < -0.4 is 4.74 Å². The smallest absolute Gasteiger partial charge is 0.221 e. The standard InChI is InChI=1S/C18H9Cl6NO/c1-26-18-9(15-11(20)3-5-13(22)17(15)24)6-8(7-25-18)14-10(19)2-4-12(21)16(14)23/h2-7H,1H3. The van der Waals surface area contributed by atoms with Gasteiger partial charge in [0.1, 0.15) is 0 Å². The van der Waals surface area contributed by atoms with Gasteiger partial charge in [-0.15, -0.1) is 0 Å². The van der Waals surface area contributed by atoms with Gasteiger partial charge in [0.25, 0.3) is 0 Å². The van der Waals surface area contributed by atoms with E-state index in [4.69, 9.17) is 74.3 Å². The fraction of sp³-hybridized carbons (Fsp3) is 0.0556. The van der Waals surface area contributed by atoms with E-state index in [9.17, 15) is 0 Å². The molecule has 0 fully saturated rings. The van der Waals surface area contributed by atoms with Gasteiger partial charge in [-0.1, -0.05) is 69.6 Å². The number of methoxy groups -OCH3 is 1. The SMILES string of the molecule is COc1ncc(-c2c(Cl)ccc(Cl)c2Cl)cc1-c1c(Cl)ccc(Cl)c1Cl. The molecule has 0 bridgehead atoms. The molecule has 0 N–H and O–H groups in total. The lowest BCUT2D eigenvalue weighted by molar-refractivity contribution is 0.400. The minimum atomic E-state index is 0.291. The molecule has 0 saturated carbocycles. The Morgan fingerprint density at radius 1 is 0.731 bits per heavy atom. The highest BCUT2D eigenvalue weighted by Gasteiger charge is 2.20. The number of benzene rings is 2. The second-order valence-electron chi connectivity index (χ2n) is 5.22. The molecule has 0 aliphatic rings. The van der Waals surface area contributed by atoms with Crippen LogP contribution in [-0.2, 0) is 0 Å². The van der Waals surface area contributed by atoms with E-state index in [0.29, 0.717) is 58.3 Å². The Morgan fingerprint density at radius 3 is 1.81 bits per heavy atom. The molecule has 2 aromatic carbocycles. The van der Waals surface area contributed by atoms with Gasteiger partial charge < -0.3 is 4.74 Å².